The lowest BCUT2D eigenvalue weighted by Gasteiger charge is -2.28. The average Bonchev–Trinajstić information content (AvgIpc) is 2.73. The molecule has 0 spiro atoms. The summed E-state index contributed by atoms with van der Waals surface area (Å²) in [6.45, 7) is 7.53. The van der Waals surface area contributed by atoms with Crippen molar-refractivity contribution in [3.8, 4) is 0 Å². The first-order valence-corrected chi connectivity index (χ1v) is 8.21. The Morgan fingerprint density at radius 3 is 2.59 bits per heavy atom. The van der Waals surface area contributed by atoms with Crippen LogP contribution in [0.1, 0.15) is 30.5 Å². The van der Waals surface area contributed by atoms with E-state index in [4.69, 9.17) is 0 Å². The summed E-state index contributed by atoms with van der Waals surface area (Å²) in [5, 5.41) is 11.4. The zero-order valence-corrected chi connectivity index (χ0v) is 13.5. The topological polar surface area (TPSA) is 28.4 Å². The van der Waals surface area contributed by atoms with Crippen molar-refractivity contribution in [1.82, 2.24) is 9.47 Å². The van der Waals surface area contributed by atoms with Gasteiger partial charge in [-0.3, -0.25) is 0 Å². The fraction of sp³-hybridized carbons (Fsp3) is 0.556. The van der Waals surface area contributed by atoms with Gasteiger partial charge in [-0.25, -0.2) is 4.39 Å². The van der Waals surface area contributed by atoms with Gasteiger partial charge in [-0.1, -0.05) is 6.42 Å². The van der Waals surface area contributed by atoms with Crippen LogP contribution in [0.4, 0.5) is 4.39 Å². The number of benzene rings is 1. The molecule has 1 N–H and O–H groups in total. The van der Waals surface area contributed by atoms with E-state index in [0.29, 0.717) is 6.54 Å². The highest BCUT2D eigenvalue weighted by Crippen LogP contribution is 2.26. The van der Waals surface area contributed by atoms with Crippen LogP contribution in [0.5, 0.6) is 0 Å². The molecular formula is C18H25FN2O. The zero-order chi connectivity index (χ0) is 15.7. The molecule has 1 aliphatic rings. The van der Waals surface area contributed by atoms with Gasteiger partial charge in [0.05, 0.1) is 12.6 Å². The Balaban J connectivity index is 1.79. The Kier molecular flexibility index (Phi) is 4.50. The number of hydrogen-bond acceptors (Lipinski definition) is 2. The molecule has 3 rings (SSSR count). The maximum atomic E-state index is 13.5. The number of fused-ring (bicyclic) bond motifs is 1. The highest BCUT2D eigenvalue weighted by Gasteiger charge is 2.18. The molecule has 1 atom stereocenters. The molecule has 1 aromatic carbocycles. The molecule has 1 aliphatic heterocycles. The normalized spacial score (nSPS) is 18.0. The van der Waals surface area contributed by atoms with Crippen LogP contribution in [-0.2, 0) is 6.54 Å². The summed E-state index contributed by atoms with van der Waals surface area (Å²) >= 11 is 0. The smallest absolute Gasteiger partial charge is 0.123 e. The summed E-state index contributed by atoms with van der Waals surface area (Å²) in [6.07, 6.45) is 3.38. The van der Waals surface area contributed by atoms with Crippen LogP contribution in [-0.4, -0.2) is 40.3 Å². The van der Waals surface area contributed by atoms with E-state index in [9.17, 15) is 9.50 Å². The van der Waals surface area contributed by atoms with Gasteiger partial charge < -0.3 is 14.6 Å². The summed E-state index contributed by atoms with van der Waals surface area (Å²) in [4.78, 5) is 2.35. The number of aromatic nitrogens is 1. The Bertz CT molecular complexity index is 659. The first-order valence-electron chi connectivity index (χ1n) is 8.21. The molecule has 3 nitrogen and oxygen atoms in total. The van der Waals surface area contributed by atoms with Crippen LogP contribution in [0, 0.1) is 19.7 Å². The number of aliphatic hydroxyl groups excluding tert-OH is 1. The van der Waals surface area contributed by atoms with E-state index in [1.807, 2.05) is 19.9 Å². The van der Waals surface area contributed by atoms with E-state index < -0.39 is 6.10 Å². The lowest BCUT2D eigenvalue weighted by Crippen LogP contribution is -2.38. The number of piperidine rings is 1. The van der Waals surface area contributed by atoms with E-state index in [0.717, 1.165) is 41.8 Å². The molecule has 0 bridgehead atoms. The van der Waals surface area contributed by atoms with Gasteiger partial charge in [0.15, 0.2) is 0 Å². The maximum Gasteiger partial charge on any atom is 0.123 e. The van der Waals surface area contributed by atoms with Crippen molar-refractivity contribution in [3.63, 3.8) is 0 Å². The molecule has 120 valence electrons. The molecule has 4 heteroatoms. The fourth-order valence-electron chi connectivity index (χ4n) is 3.57. The number of halogens is 1. The van der Waals surface area contributed by atoms with Gasteiger partial charge in [0.2, 0.25) is 0 Å². The van der Waals surface area contributed by atoms with Gasteiger partial charge in [0, 0.05) is 23.1 Å². The van der Waals surface area contributed by atoms with Crippen molar-refractivity contribution < 1.29 is 9.50 Å². The lowest BCUT2D eigenvalue weighted by atomic mass is 10.1. The van der Waals surface area contributed by atoms with Crippen LogP contribution in [0.15, 0.2) is 18.2 Å². The van der Waals surface area contributed by atoms with Gasteiger partial charge in [-0.2, -0.15) is 0 Å². The number of hydrogen-bond donors (Lipinski definition) is 1. The minimum atomic E-state index is -0.392. The molecule has 0 amide bonds. The van der Waals surface area contributed by atoms with E-state index >= 15 is 0 Å². The quantitative estimate of drug-likeness (QED) is 0.939. The Morgan fingerprint density at radius 1 is 1.14 bits per heavy atom. The summed E-state index contributed by atoms with van der Waals surface area (Å²) in [5.41, 5.74) is 3.21. The summed E-state index contributed by atoms with van der Waals surface area (Å²) in [6, 6.07) is 4.90. The van der Waals surface area contributed by atoms with Crippen molar-refractivity contribution in [3.05, 3.63) is 35.3 Å². The third-order valence-electron chi connectivity index (χ3n) is 4.91. The molecule has 1 fully saturated rings. The van der Waals surface area contributed by atoms with Gasteiger partial charge in [-0.05, 0) is 63.5 Å². The first-order chi connectivity index (χ1) is 10.6. The lowest BCUT2D eigenvalue weighted by molar-refractivity contribution is 0.0888. The van der Waals surface area contributed by atoms with Crippen molar-refractivity contribution >= 4 is 10.9 Å². The molecule has 22 heavy (non-hydrogen) atoms. The van der Waals surface area contributed by atoms with Crippen molar-refractivity contribution in [2.45, 2.75) is 45.8 Å². The van der Waals surface area contributed by atoms with Crippen LogP contribution in [0.25, 0.3) is 10.9 Å². The summed E-state index contributed by atoms with van der Waals surface area (Å²) in [5.74, 6) is -0.207. The first kappa shape index (κ1) is 15.5. The summed E-state index contributed by atoms with van der Waals surface area (Å²) < 4.78 is 15.6. The predicted molar refractivity (Wildman–Crippen MR) is 87.7 cm³/mol. The third-order valence-corrected chi connectivity index (χ3v) is 4.91. The largest absolute Gasteiger partial charge is 0.390 e. The molecule has 0 radical (unpaired) electrons. The number of nitrogens with zero attached hydrogens (tertiary/aromatic N) is 2. The second-order valence-corrected chi connectivity index (χ2v) is 6.50. The second-order valence-electron chi connectivity index (χ2n) is 6.50. The number of aryl methyl sites for hydroxylation is 1. The predicted octanol–water partition coefficient (Wildman–Crippen LogP) is 3.24. The van der Waals surface area contributed by atoms with E-state index in [-0.39, 0.29) is 5.82 Å². The summed E-state index contributed by atoms with van der Waals surface area (Å²) in [7, 11) is 0. The molecule has 0 aliphatic carbocycles. The maximum absolute atomic E-state index is 13.5. The Labute approximate surface area is 131 Å². The Hall–Kier alpha value is -1.39. The monoisotopic (exact) mass is 304 g/mol. The van der Waals surface area contributed by atoms with Crippen LogP contribution >= 0.6 is 0 Å². The number of β-amino-alcohol motifs (C(OH)–C–C–N with tert-alkyl or cyclic N) is 1. The van der Waals surface area contributed by atoms with Gasteiger partial charge in [0.25, 0.3) is 0 Å². The van der Waals surface area contributed by atoms with Crippen LogP contribution < -0.4 is 0 Å². The molecule has 1 saturated heterocycles. The number of rotatable bonds is 4. The highest BCUT2D eigenvalue weighted by molar-refractivity contribution is 5.85. The minimum Gasteiger partial charge on any atom is -0.390 e. The molecule has 0 unspecified atom stereocenters. The van der Waals surface area contributed by atoms with E-state index in [2.05, 4.69) is 9.47 Å². The fourth-order valence-corrected chi connectivity index (χ4v) is 3.57. The number of likely N-dealkylation sites (tertiary alicyclic amines) is 1. The van der Waals surface area contributed by atoms with Crippen molar-refractivity contribution in [1.29, 1.82) is 0 Å². The third kappa shape index (κ3) is 3.03. The highest BCUT2D eigenvalue weighted by atomic mass is 19.1. The SMILES string of the molecule is Cc1c(C)n(C[C@H](O)CN2CCCCC2)c2ccc(F)cc12. The molecule has 1 aromatic heterocycles. The molecular weight excluding hydrogens is 279 g/mol. The minimum absolute atomic E-state index is 0.207. The molecule has 2 heterocycles. The Morgan fingerprint density at radius 2 is 1.86 bits per heavy atom. The van der Waals surface area contributed by atoms with E-state index in [1.165, 1.54) is 25.3 Å². The van der Waals surface area contributed by atoms with Crippen molar-refractivity contribution in [2.24, 2.45) is 0 Å². The van der Waals surface area contributed by atoms with Crippen LogP contribution in [0.3, 0.4) is 0 Å². The van der Waals surface area contributed by atoms with E-state index in [1.54, 1.807) is 6.07 Å². The van der Waals surface area contributed by atoms with Crippen molar-refractivity contribution in [2.75, 3.05) is 19.6 Å². The van der Waals surface area contributed by atoms with Gasteiger partial charge in [-0.15, -0.1) is 0 Å². The zero-order valence-electron chi connectivity index (χ0n) is 13.5. The molecule has 2 aromatic rings. The molecule has 0 saturated carbocycles. The average molecular weight is 304 g/mol. The van der Waals surface area contributed by atoms with Gasteiger partial charge in [0.1, 0.15) is 5.82 Å². The second kappa shape index (κ2) is 6.39. The number of aliphatic hydroxyl groups is 1. The van der Waals surface area contributed by atoms with Crippen LogP contribution in [0.2, 0.25) is 0 Å². The van der Waals surface area contributed by atoms with Gasteiger partial charge >= 0.3 is 0 Å². The standard InChI is InChI=1S/C18H25FN2O/c1-13-14(2)21(18-7-6-15(19)10-17(13)18)12-16(22)11-20-8-4-3-5-9-20/h6-7,10,16,22H,3-5,8-9,11-12H2,1-2H3/t16-/m1/s1.